The van der Waals surface area contributed by atoms with Gasteiger partial charge >= 0.3 is 10.2 Å². The summed E-state index contributed by atoms with van der Waals surface area (Å²) in [6, 6.07) is 5.72. The van der Waals surface area contributed by atoms with E-state index in [0.717, 1.165) is 0 Å². The van der Waals surface area contributed by atoms with E-state index >= 15 is 0 Å². The number of aromatic hydroxyl groups is 1. The van der Waals surface area contributed by atoms with Crippen molar-refractivity contribution in [3.63, 3.8) is 0 Å². The Labute approximate surface area is 69.7 Å². The molecule has 1 aromatic carbocycles. The molecule has 0 aliphatic rings. The Morgan fingerprint density at radius 2 is 1.92 bits per heavy atom. The van der Waals surface area contributed by atoms with Crippen LogP contribution < -0.4 is 0 Å². The topological polar surface area (TPSA) is 54.4 Å². The van der Waals surface area contributed by atoms with Gasteiger partial charge in [0.2, 0.25) is 0 Å². The molecular formula is C7H7FO3S. The summed E-state index contributed by atoms with van der Waals surface area (Å²) in [6.07, 6.45) is 0. The predicted molar refractivity (Wildman–Crippen MR) is 41.8 cm³/mol. The molecule has 1 N–H and O–H groups in total. The SMILES string of the molecule is O=S(=O)(F)Cc1ccccc1O. The minimum absolute atomic E-state index is 0.0694. The van der Waals surface area contributed by atoms with Gasteiger partial charge in [0, 0.05) is 5.56 Å². The number of rotatable bonds is 2. The van der Waals surface area contributed by atoms with Gasteiger partial charge in [0.25, 0.3) is 0 Å². The third-order valence-electron chi connectivity index (χ3n) is 1.32. The fourth-order valence-electron chi connectivity index (χ4n) is 0.819. The molecule has 1 rings (SSSR count). The van der Waals surface area contributed by atoms with Gasteiger partial charge in [-0.05, 0) is 6.07 Å². The zero-order chi connectivity index (χ0) is 9.19. The molecule has 0 spiro atoms. The molecule has 0 amide bonds. The van der Waals surface area contributed by atoms with E-state index in [2.05, 4.69) is 0 Å². The second kappa shape index (κ2) is 3.10. The molecule has 0 saturated heterocycles. The number of para-hydroxylation sites is 1. The van der Waals surface area contributed by atoms with Crippen LogP contribution in [0.3, 0.4) is 0 Å². The minimum Gasteiger partial charge on any atom is -0.508 e. The molecule has 0 aromatic heterocycles. The molecule has 1 aromatic rings. The van der Waals surface area contributed by atoms with Crippen LogP contribution in [0.25, 0.3) is 0 Å². The lowest BCUT2D eigenvalue weighted by molar-refractivity contribution is 0.468. The Hall–Kier alpha value is -1.10. The molecule has 12 heavy (non-hydrogen) atoms. The van der Waals surface area contributed by atoms with Crippen molar-refractivity contribution in [3.05, 3.63) is 29.8 Å². The Balaban J connectivity index is 2.98. The van der Waals surface area contributed by atoms with Gasteiger partial charge < -0.3 is 5.11 Å². The van der Waals surface area contributed by atoms with Crippen molar-refractivity contribution in [2.24, 2.45) is 0 Å². The number of halogens is 1. The molecule has 5 heteroatoms. The summed E-state index contributed by atoms with van der Waals surface area (Å²) < 4.78 is 32.5. The monoisotopic (exact) mass is 190 g/mol. The highest BCUT2D eigenvalue weighted by atomic mass is 32.3. The van der Waals surface area contributed by atoms with Crippen LogP contribution in [-0.4, -0.2) is 13.5 Å². The van der Waals surface area contributed by atoms with Crippen molar-refractivity contribution in [2.75, 3.05) is 0 Å². The first-order chi connectivity index (χ1) is 5.49. The van der Waals surface area contributed by atoms with Gasteiger partial charge in [-0.2, -0.15) is 8.42 Å². The van der Waals surface area contributed by atoms with Crippen molar-refractivity contribution in [1.82, 2.24) is 0 Å². The molecule has 0 aliphatic heterocycles. The largest absolute Gasteiger partial charge is 0.508 e. The summed E-state index contributed by atoms with van der Waals surface area (Å²) in [4.78, 5) is 0. The molecule has 0 fully saturated rings. The maximum atomic E-state index is 12.1. The maximum absolute atomic E-state index is 12.1. The highest BCUT2D eigenvalue weighted by Crippen LogP contribution is 2.18. The van der Waals surface area contributed by atoms with Crippen LogP contribution in [-0.2, 0) is 16.0 Å². The Morgan fingerprint density at radius 3 is 2.42 bits per heavy atom. The smallest absolute Gasteiger partial charge is 0.306 e. The van der Waals surface area contributed by atoms with E-state index in [1.54, 1.807) is 0 Å². The number of hydrogen-bond acceptors (Lipinski definition) is 3. The van der Waals surface area contributed by atoms with Gasteiger partial charge in [0.1, 0.15) is 11.5 Å². The highest BCUT2D eigenvalue weighted by Gasteiger charge is 2.11. The van der Waals surface area contributed by atoms with E-state index in [1.807, 2.05) is 0 Å². The Kier molecular flexibility index (Phi) is 2.32. The van der Waals surface area contributed by atoms with Crippen molar-refractivity contribution < 1.29 is 17.4 Å². The van der Waals surface area contributed by atoms with Crippen molar-refractivity contribution in [2.45, 2.75) is 5.75 Å². The summed E-state index contributed by atoms with van der Waals surface area (Å²) in [7, 11) is -4.56. The highest BCUT2D eigenvalue weighted by molar-refractivity contribution is 7.85. The Bertz CT molecular complexity index is 372. The molecule has 0 atom stereocenters. The zero-order valence-electron chi connectivity index (χ0n) is 6.07. The van der Waals surface area contributed by atoms with E-state index in [9.17, 15) is 12.3 Å². The average molecular weight is 190 g/mol. The van der Waals surface area contributed by atoms with Crippen LogP contribution in [0.5, 0.6) is 5.75 Å². The van der Waals surface area contributed by atoms with E-state index < -0.39 is 16.0 Å². The summed E-state index contributed by atoms with van der Waals surface area (Å²) in [5.41, 5.74) is 0.0694. The number of hydrogen-bond donors (Lipinski definition) is 1. The molecule has 0 saturated carbocycles. The van der Waals surface area contributed by atoms with Crippen LogP contribution in [0.1, 0.15) is 5.56 Å². The van der Waals surface area contributed by atoms with Gasteiger partial charge in [-0.1, -0.05) is 18.2 Å². The molecule has 0 unspecified atom stereocenters. The van der Waals surface area contributed by atoms with Crippen LogP contribution in [0, 0.1) is 0 Å². The molecule has 0 heterocycles. The normalized spacial score (nSPS) is 11.4. The zero-order valence-corrected chi connectivity index (χ0v) is 6.88. The lowest BCUT2D eigenvalue weighted by Crippen LogP contribution is -1.95. The third-order valence-corrected chi connectivity index (χ3v) is 1.98. The lowest BCUT2D eigenvalue weighted by atomic mass is 10.2. The van der Waals surface area contributed by atoms with Crippen molar-refractivity contribution >= 4 is 10.2 Å². The number of benzene rings is 1. The van der Waals surface area contributed by atoms with Gasteiger partial charge in [0.15, 0.2) is 0 Å². The summed E-state index contributed by atoms with van der Waals surface area (Å²) in [6.45, 7) is 0. The molecule has 66 valence electrons. The van der Waals surface area contributed by atoms with Crippen molar-refractivity contribution in [1.29, 1.82) is 0 Å². The lowest BCUT2D eigenvalue weighted by Gasteiger charge is -1.99. The third kappa shape index (κ3) is 2.50. The summed E-state index contributed by atoms with van der Waals surface area (Å²) in [5, 5.41) is 9.04. The summed E-state index contributed by atoms with van der Waals surface area (Å²) >= 11 is 0. The molecule has 3 nitrogen and oxygen atoms in total. The minimum atomic E-state index is -4.56. The number of phenols is 1. The standard InChI is InChI=1S/C7H7FO3S/c8-12(10,11)5-6-3-1-2-4-7(6)9/h1-4,9H,5H2. The molecule has 0 bridgehead atoms. The summed E-state index contributed by atoms with van der Waals surface area (Å²) in [5.74, 6) is -0.988. The van der Waals surface area contributed by atoms with Crippen LogP contribution in [0.4, 0.5) is 3.89 Å². The fraction of sp³-hybridized carbons (Fsp3) is 0.143. The second-order valence-electron chi connectivity index (χ2n) is 2.31. The average Bonchev–Trinajstić information content (AvgIpc) is 1.91. The van der Waals surface area contributed by atoms with E-state index in [4.69, 9.17) is 5.11 Å². The first kappa shape index (κ1) is 8.99. The van der Waals surface area contributed by atoms with Crippen LogP contribution in [0.2, 0.25) is 0 Å². The molecule has 0 aliphatic carbocycles. The van der Waals surface area contributed by atoms with Gasteiger partial charge in [-0.25, -0.2) is 0 Å². The predicted octanol–water partition coefficient (Wildman–Crippen LogP) is 1.19. The molecular weight excluding hydrogens is 183 g/mol. The second-order valence-corrected chi connectivity index (χ2v) is 3.68. The number of phenolic OH excluding ortho intramolecular Hbond substituents is 1. The van der Waals surface area contributed by atoms with E-state index in [0.29, 0.717) is 0 Å². The first-order valence-corrected chi connectivity index (χ1v) is 4.73. The van der Waals surface area contributed by atoms with E-state index in [-0.39, 0.29) is 11.3 Å². The van der Waals surface area contributed by atoms with Gasteiger partial charge in [0.05, 0.1) is 0 Å². The van der Waals surface area contributed by atoms with E-state index in [1.165, 1.54) is 24.3 Å². The van der Waals surface area contributed by atoms with Gasteiger partial charge in [-0.15, -0.1) is 3.89 Å². The molecule has 0 radical (unpaired) electrons. The van der Waals surface area contributed by atoms with Gasteiger partial charge in [-0.3, -0.25) is 0 Å². The van der Waals surface area contributed by atoms with Crippen molar-refractivity contribution in [3.8, 4) is 5.75 Å². The Morgan fingerprint density at radius 1 is 1.33 bits per heavy atom. The van der Waals surface area contributed by atoms with Crippen LogP contribution in [0.15, 0.2) is 24.3 Å². The van der Waals surface area contributed by atoms with Crippen LogP contribution >= 0.6 is 0 Å². The first-order valence-electron chi connectivity index (χ1n) is 3.18. The maximum Gasteiger partial charge on any atom is 0.306 e. The quantitative estimate of drug-likeness (QED) is 0.713. The fourth-order valence-corrected chi connectivity index (χ4v) is 1.43.